The van der Waals surface area contributed by atoms with Gasteiger partial charge < -0.3 is 24.8 Å². The molecule has 1 atom stereocenters. The van der Waals surface area contributed by atoms with E-state index in [-0.39, 0.29) is 18.4 Å². The minimum atomic E-state index is -0.906. The smallest absolute Gasteiger partial charge is 0.308 e. The summed E-state index contributed by atoms with van der Waals surface area (Å²) in [6.45, 7) is 1.88. The van der Waals surface area contributed by atoms with Gasteiger partial charge in [0.15, 0.2) is 11.5 Å². The molecule has 0 spiro atoms. The minimum Gasteiger partial charge on any atom is -0.493 e. The van der Waals surface area contributed by atoms with Crippen molar-refractivity contribution in [3.05, 3.63) is 17.7 Å². The zero-order valence-corrected chi connectivity index (χ0v) is 13.8. The lowest BCUT2D eigenvalue weighted by atomic mass is 10.1. The van der Waals surface area contributed by atoms with E-state index in [4.69, 9.17) is 14.6 Å². The quantitative estimate of drug-likeness (QED) is 0.837. The number of methoxy groups -OCH3 is 2. The molecule has 1 saturated heterocycles. The maximum absolute atomic E-state index is 12.6. The zero-order chi connectivity index (χ0) is 17.9. The molecule has 2 amide bonds. The van der Waals surface area contributed by atoms with E-state index in [1.165, 1.54) is 38.2 Å². The molecule has 0 radical (unpaired) electrons. The second kappa shape index (κ2) is 7.20. The van der Waals surface area contributed by atoms with Crippen LogP contribution in [-0.2, 0) is 9.59 Å². The molecule has 0 bridgehead atoms. The molecule has 24 heavy (non-hydrogen) atoms. The second-order valence-corrected chi connectivity index (χ2v) is 5.52. The molecule has 130 valence electrons. The highest BCUT2D eigenvalue weighted by atomic mass is 16.5. The van der Waals surface area contributed by atoms with E-state index in [9.17, 15) is 14.4 Å². The lowest BCUT2D eigenvalue weighted by molar-refractivity contribution is -0.141. The fourth-order valence-electron chi connectivity index (χ4n) is 2.70. The summed E-state index contributed by atoms with van der Waals surface area (Å²) in [6.07, 6.45) is 0.424. The molecule has 1 aliphatic rings. The van der Waals surface area contributed by atoms with Crippen LogP contribution in [0.3, 0.4) is 0 Å². The molecule has 8 heteroatoms. The number of carboxylic acids is 1. The SMILES string of the molecule is COc1cc(C(=O)N2CCC(C(=O)O)C2)cc(NC(C)=O)c1OC. The molecular formula is C16H20N2O6. The number of carboxylic acid groups (broad SMARTS) is 1. The number of anilines is 1. The molecule has 0 aliphatic carbocycles. The van der Waals surface area contributed by atoms with Crippen LogP contribution in [0.1, 0.15) is 23.7 Å². The van der Waals surface area contributed by atoms with Gasteiger partial charge in [0.25, 0.3) is 5.91 Å². The number of carbonyl (C=O) groups is 3. The summed E-state index contributed by atoms with van der Waals surface area (Å²) in [5.74, 6) is -1.46. The number of nitrogens with one attached hydrogen (secondary N) is 1. The van der Waals surface area contributed by atoms with Crippen LogP contribution in [0.25, 0.3) is 0 Å². The Bertz CT molecular complexity index is 673. The highest BCUT2D eigenvalue weighted by molar-refractivity contribution is 5.99. The molecule has 1 aromatic rings. The summed E-state index contributed by atoms with van der Waals surface area (Å²) in [7, 11) is 2.86. The Morgan fingerprint density at radius 2 is 1.96 bits per heavy atom. The first kappa shape index (κ1) is 17.6. The largest absolute Gasteiger partial charge is 0.493 e. The van der Waals surface area contributed by atoms with Gasteiger partial charge in [-0.2, -0.15) is 0 Å². The molecule has 0 saturated carbocycles. The van der Waals surface area contributed by atoms with Crippen molar-refractivity contribution in [3.8, 4) is 11.5 Å². The number of nitrogens with zero attached hydrogens (tertiary/aromatic N) is 1. The maximum Gasteiger partial charge on any atom is 0.308 e. The Balaban J connectivity index is 2.34. The van der Waals surface area contributed by atoms with Crippen molar-refractivity contribution in [2.24, 2.45) is 5.92 Å². The van der Waals surface area contributed by atoms with Gasteiger partial charge in [-0.25, -0.2) is 0 Å². The van der Waals surface area contributed by atoms with Crippen LogP contribution >= 0.6 is 0 Å². The Hall–Kier alpha value is -2.77. The van der Waals surface area contributed by atoms with Crippen molar-refractivity contribution in [1.82, 2.24) is 4.90 Å². The molecule has 0 aromatic heterocycles. The molecule has 1 aliphatic heterocycles. The summed E-state index contributed by atoms with van der Waals surface area (Å²) < 4.78 is 10.5. The van der Waals surface area contributed by atoms with Gasteiger partial charge in [-0.1, -0.05) is 0 Å². The van der Waals surface area contributed by atoms with Gasteiger partial charge in [0, 0.05) is 25.6 Å². The van der Waals surface area contributed by atoms with E-state index >= 15 is 0 Å². The van der Waals surface area contributed by atoms with Crippen molar-refractivity contribution in [2.75, 3.05) is 32.6 Å². The van der Waals surface area contributed by atoms with E-state index in [2.05, 4.69) is 5.32 Å². The Labute approximate surface area is 139 Å². The predicted molar refractivity (Wildman–Crippen MR) is 85.5 cm³/mol. The van der Waals surface area contributed by atoms with Crippen LogP contribution in [0.4, 0.5) is 5.69 Å². The van der Waals surface area contributed by atoms with Gasteiger partial charge in [-0.3, -0.25) is 14.4 Å². The molecule has 1 heterocycles. The normalized spacial score (nSPS) is 16.6. The molecule has 2 rings (SSSR count). The maximum atomic E-state index is 12.6. The van der Waals surface area contributed by atoms with Crippen molar-refractivity contribution >= 4 is 23.5 Å². The van der Waals surface area contributed by atoms with Crippen molar-refractivity contribution < 1.29 is 29.0 Å². The van der Waals surface area contributed by atoms with Crippen LogP contribution in [-0.4, -0.2) is 55.1 Å². The summed E-state index contributed by atoms with van der Waals surface area (Å²) in [4.78, 5) is 36.5. The number of carbonyl (C=O) groups excluding carboxylic acids is 2. The highest BCUT2D eigenvalue weighted by Crippen LogP contribution is 2.37. The van der Waals surface area contributed by atoms with Crippen molar-refractivity contribution in [1.29, 1.82) is 0 Å². The van der Waals surface area contributed by atoms with Crippen LogP contribution in [0, 0.1) is 5.92 Å². The van der Waals surface area contributed by atoms with Gasteiger partial charge in [0.05, 0.1) is 25.8 Å². The Morgan fingerprint density at radius 3 is 2.46 bits per heavy atom. The highest BCUT2D eigenvalue weighted by Gasteiger charge is 2.32. The molecule has 8 nitrogen and oxygen atoms in total. The van der Waals surface area contributed by atoms with Crippen LogP contribution < -0.4 is 14.8 Å². The topological polar surface area (TPSA) is 105 Å². The van der Waals surface area contributed by atoms with E-state index < -0.39 is 11.9 Å². The van der Waals surface area contributed by atoms with E-state index in [0.29, 0.717) is 35.7 Å². The first-order valence-corrected chi connectivity index (χ1v) is 7.43. The first-order valence-electron chi connectivity index (χ1n) is 7.43. The third-order valence-electron chi connectivity index (χ3n) is 3.86. The second-order valence-electron chi connectivity index (χ2n) is 5.52. The van der Waals surface area contributed by atoms with Gasteiger partial charge in [-0.05, 0) is 18.6 Å². The standard InChI is InChI=1S/C16H20N2O6/c1-9(19)17-12-6-11(7-13(23-2)14(12)24-3)15(20)18-5-4-10(8-18)16(21)22/h6-7,10H,4-5,8H2,1-3H3,(H,17,19)(H,21,22). The predicted octanol–water partition coefficient (Wildman–Crippen LogP) is 1.21. The fraction of sp³-hybridized carbons (Fsp3) is 0.438. The van der Waals surface area contributed by atoms with Crippen molar-refractivity contribution in [2.45, 2.75) is 13.3 Å². The number of hydrogen-bond donors (Lipinski definition) is 2. The average molecular weight is 336 g/mol. The summed E-state index contributed by atoms with van der Waals surface area (Å²) in [5, 5.41) is 11.7. The van der Waals surface area contributed by atoms with E-state index in [0.717, 1.165) is 0 Å². The fourth-order valence-corrected chi connectivity index (χ4v) is 2.70. The Morgan fingerprint density at radius 1 is 1.25 bits per heavy atom. The third kappa shape index (κ3) is 3.58. The van der Waals surface area contributed by atoms with Gasteiger partial charge >= 0.3 is 5.97 Å². The van der Waals surface area contributed by atoms with Crippen LogP contribution in [0.2, 0.25) is 0 Å². The number of aliphatic carboxylic acids is 1. The summed E-state index contributed by atoms with van der Waals surface area (Å²) >= 11 is 0. The number of benzene rings is 1. The third-order valence-corrected chi connectivity index (χ3v) is 3.86. The summed E-state index contributed by atoms with van der Waals surface area (Å²) in [6, 6.07) is 3.01. The lowest BCUT2D eigenvalue weighted by Gasteiger charge is -2.19. The minimum absolute atomic E-state index is 0.165. The number of amides is 2. The molecule has 1 fully saturated rings. The Kier molecular flexibility index (Phi) is 5.28. The molecule has 2 N–H and O–H groups in total. The van der Waals surface area contributed by atoms with E-state index in [1.807, 2.05) is 0 Å². The lowest BCUT2D eigenvalue weighted by Crippen LogP contribution is -2.30. The number of likely N-dealkylation sites (tertiary alicyclic amines) is 1. The first-order chi connectivity index (χ1) is 11.4. The zero-order valence-electron chi connectivity index (χ0n) is 13.8. The molecular weight excluding hydrogens is 316 g/mol. The van der Waals surface area contributed by atoms with Gasteiger partial charge in [-0.15, -0.1) is 0 Å². The van der Waals surface area contributed by atoms with Gasteiger partial charge in [0.2, 0.25) is 5.91 Å². The summed E-state index contributed by atoms with van der Waals surface area (Å²) in [5.41, 5.74) is 0.615. The number of hydrogen-bond acceptors (Lipinski definition) is 5. The molecule has 1 aromatic carbocycles. The number of rotatable bonds is 5. The van der Waals surface area contributed by atoms with Crippen LogP contribution in [0.15, 0.2) is 12.1 Å². The van der Waals surface area contributed by atoms with E-state index in [1.54, 1.807) is 0 Å². The van der Waals surface area contributed by atoms with Crippen LogP contribution in [0.5, 0.6) is 11.5 Å². The number of ether oxygens (including phenoxy) is 2. The average Bonchev–Trinajstić information content (AvgIpc) is 3.02. The monoisotopic (exact) mass is 336 g/mol. The molecule has 1 unspecified atom stereocenters. The van der Waals surface area contributed by atoms with Gasteiger partial charge in [0.1, 0.15) is 0 Å². The van der Waals surface area contributed by atoms with Crippen molar-refractivity contribution in [3.63, 3.8) is 0 Å².